The van der Waals surface area contributed by atoms with Gasteiger partial charge in [-0.3, -0.25) is 0 Å². The summed E-state index contributed by atoms with van der Waals surface area (Å²) in [6, 6.07) is 5.38. The number of halogens is 1. The Bertz CT molecular complexity index is 626. The minimum Gasteiger partial charge on any atom is -0.310 e. The first-order valence-electron chi connectivity index (χ1n) is 7.17. The summed E-state index contributed by atoms with van der Waals surface area (Å²) >= 11 is 1.50. The first kappa shape index (κ1) is 14.5. The van der Waals surface area contributed by atoms with E-state index in [2.05, 4.69) is 20.8 Å². The smallest absolute Gasteiger partial charge is 0.214 e. The van der Waals surface area contributed by atoms with Gasteiger partial charge in [-0.15, -0.1) is 5.10 Å². The number of nitrogens with one attached hydrogen (secondary N) is 1. The summed E-state index contributed by atoms with van der Waals surface area (Å²) in [6.07, 6.45) is 2.26. The molecule has 3 rings (SSSR count). The summed E-state index contributed by atoms with van der Waals surface area (Å²) < 4.78 is 15.4. The normalized spacial score (nSPS) is 16.1. The van der Waals surface area contributed by atoms with Crippen LogP contribution < -0.4 is 5.32 Å². The zero-order chi connectivity index (χ0) is 14.8. The van der Waals surface area contributed by atoms with Gasteiger partial charge in [0.1, 0.15) is 5.82 Å². The molecule has 1 atom stereocenters. The van der Waals surface area contributed by atoms with Gasteiger partial charge in [-0.1, -0.05) is 6.92 Å². The second-order valence-corrected chi connectivity index (χ2v) is 6.21. The van der Waals surface area contributed by atoms with Crippen LogP contribution >= 0.6 is 11.8 Å². The number of benzene rings is 1. The van der Waals surface area contributed by atoms with Crippen molar-refractivity contribution in [1.29, 1.82) is 0 Å². The fourth-order valence-electron chi connectivity index (χ4n) is 2.27. The largest absolute Gasteiger partial charge is 0.310 e. The van der Waals surface area contributed by atoms with Gasteiger partial charge in [0.25, 0.3) is 0 Å². The van der Waals surface area contributed by atoms with Gasteiger partial charge >= 0.3 is 0 Å². The van der Waals surface area contributed by atoms with Crippen molar-refractivity contribution in [3.63, 3.8) is 0 Å². The average Bonchev–Trinajstić information content (AvgIpc) is 3.21. The molecule has 0 radical (unpaired) electrons. The summed E-state index contributed by atoms with van der Waals surface area (Å²) in [6.45, 7) is 4.91. The Morgan fingerprint density at radius 3 is 3.00 bits per heavy atom. The van der Waals surface area contributed by atoms with Crippen molar-refractivity contribution in [2.45, 2.75) is 48.8 Å². The lowest BCUT2D eigenvalue weighted by molar-refractivity contribution is 0.563. The number of hydrogen-bond acceptors (Lipinski definition) is 5. The van der Waals surface area contributed by atoms with E-state index in [0.29, 0.717) is 6.04 Å². The van der Waals surface area contributed by atoms with Gasteiger partial charge in [-0.2, -0.15) is 0 Å². The maximum Gasteiger partial charge on any atom is 0.214 e. The highest BCUT2D eigenvalue weighted by Gasteiger charge is 2.28. The van der Waals surface area contributed by atoms with E-state index >= 15 is 0 Å². The number of tetrazole rings is 1. The predicted molar refractivity (Wildman–Crippen MR) is 78.7 cm³/mol. The van der Waals surface area contributed by atoms with Gasteiger partial charge in [0.05, 0.1) is 6.04 Å². The third kappa shape index (κ3) is 3.24. The highest BCUT2D eigenvalue weighted by molar-refractivity contribution is 7.99. The lowest BCUT2D eigenvalue weighted by Crippen LogP contribution is -2.18. The Kier molecular flexibility index (Phi) is 4.21. The van der Waals surface area contributed by atoms with Crippen molar-refractivity contribution < 1.29 is 4.39 Å². The fraction of sp³-hybridized carbons (Fsp3) is 0.500. The molecule has 0 spiro atoms. The molecule has 2 aromatic rings. The Hall–Kier alpha value is -1.47. The van der Waals surface area contributed by atoms with E-state index in [1.54, 1.807) is 12.1 Å². The van der Waals surface area contributed by atoms with E-state index < -0.39 is 0 Å². The van der Waals surface area contributed by atoms with Gasteiger partial charge in [-0.05, 0) is 72.3 Å². The van der Waals surface area contributed by atoms with E-state index in [9.17, 15) is 4.39 Å². The van der Waals surface area contributed by atoms with Crippen LogP contribution in [0.1, 0.15) is 44.3 Å². The monoisotopic (exact) mass is 307 g/mol. The summed E-state index contributed by atoms with van der Waals surface area (Å²) in [4.78, 5) is 0.988. The van der Waals surface area contributed by atoms with Gasteiger partial charge in [0.2, 0.25) is 5.16 Å². The highest BCUT2D eigenvalue weighted by atomic mass is 32.2. The molecule has 5 nitrogen and oxygen atoms in total. The molecule has 1 heterocycles. The lowest BCUT2D eigenvalue weighted by Gasteiger charge is -2.16. The molecule has 1 aromatic carbocycles. The Labute approximate surface area is 127 Å². The fourth-order valence-corrected chi connectivity index (χ4v) is 3.31. The van der Waals surface area contributed by atoms with Crippen LogP contribution in [0.25, 0.3) is 0 Å². The summed E-state index contributed by atoms with van der Waals surface area (Å²) in [5.41, 5.74) is 0.937. The van der Waals surface area contributed by atoms with Crippen LogP contribution in [0.15, 0.2) is 28.3 Å². The van der Waals surface area contributed by atoms with Crippen molar-refractivity contribution in [3.8, 4) is 0 Å². The van der Waals surface area contributed by atoms with Crippen LogP contribution in [0.3, 0.4) is 0 Å². The van der Waals surface area contributed by atoms with Crippen molar-refractivity contribution in [1.82, 2.24) is 25.5 Å². The van der Waals surface area contributed by atoms with Crippen molar-refractivity contribution in [3.05, 3.63) is 29.6 Å². The number of rotatable bonds is 6. The molecule has 112 valence electrons. The standard InChI is InChI=1S/C14H18FN5S/c1-3-16-9(2)12-8-10(15)4-7-13(12)21-14-17-18-19-20(14)11-5-6-11/h4,7-9,11,16H,3,5-6H2,1-2H3. The van der Waals surface area contributed by atoms with Crippen LogP contribution in [-0.4, -0.2) is 26.8 Å². The molecule has 1 aromatic heterocycles. The molecule has 0 bridgehead atoms. The van der Waals surface area contributed by atoms with Crippen LogP contribution in [0.2, 0.25) is 0 Å². The molecule has 0 amide bonds. The first-order valence-corrected chi connectivity index (χ1v) is 7.99. The molecule has 1 aliphatic rings. The molecule has 1 N–H and O–H groups in total. The zero-order valence-corrected chi connectivity index (χ0v) is 12.9. The molecule has 1 aliphatic carbocycles. The lowest BCUT2D eigenvalue weighted by atomic mass is 10.1. The second kappa shape index (κ2) is 6.11. The first-order chi connectivity index (χ1) is 10.2. The zero-order valence-electron chi connectivity index (χ0n) is 12.1. The van der Waals surface area contributed by atoms with Crippen molar-refractivity contribution >= 4 is 11.8 Å². The molecule has 1 fully saturated rings. The molecular weight excluding hydrogens is 289 g/mol. The topological polar surface area (TPSA) is 55.6 Å². The van der Waals surface area contributed by atoms with Crippen LogP contribution in [0, 0.1) is 5.82 Å². The quantitative estimate of drug-likeness (QED) is 0.889. The molecule has 0 saturated heterocycles. The van der Waals surface area contributed by atoms with Crippen LogP contribution in [-0.2, 0) is 0 Å². The third-order valence-electron chi connectivity index (χ3n) is 3.51. The van der Waals surface area contributed by atoms with E-state index in [0.717, 1.165) is 35.0 Å². The van der Waals surface area contributed by atoms with Gasteiger partial charge < -0.3 is 5.32 Å². The van der Waals surface area contributed by atoms with Crippen molar-refractivity contribution in [2.24, 2.45) is 0 Å². The Morgan fingerprint density at radius 2 is 2.29 bits per heavy atom. The van der Waals surface area contributed by atoms with E-state index in [4.69, 9.17) is 0 Å². The molecule has 0 aliphatic heterocycles. The third-order valence-corrected chi connectivity index (χ3v) is 4.55. The SMILES string of the molecule is CCNC(C)c1cc(F)ccc1Sc1nnnn1C1CC1. The van der Waals surface area contributed by atoms with Gasteiger partial charge in [-0.25, -0.2) is 9.07 Å². The number of nitrogens with zero attached hydrogens (tertiary/aromatic N) is 4. The second-order valence-electron chi connectivity index (χ2n) is 5.20. The van der Waals surface area contributed by atoms with E-state index in [-0.39, 0.29) is 11.9 Å². The van der Waals surface area contributed by atoms with Crippen molar-refractivity contribution in [2.75, 3.05) is 6.54 Å². The molecule has 1 saturated carbocycles. The molecule has 1 unspecified atom stereocenters. The summed E-state index contributed by atoms with van der Waals surface area (Å²) in [5.74, 6) is -0.221. The molecule has 7 heteroatoms. The molecular formula is C14H18FN5S. The minimum absolute atomic E-state index is 0.0819. The van der Waals surface area contributed by atoms with Crippen LogP contribution in [0.5, 0.6) is 0 Å². The summed E-state index contributed by atoms with van der Waals surface area (Å²) in [5, 5.41) is 16.0. The van der Waals surface area contributed by atoms with Crippen LogP contribution in [0.4, 0.5) is 4.39 Å². The van der Waals surface area contributed by atoms with E-state index in [1.165, 1.54) is 17.8 Å². The van der Waals surface area contributed by atoms with Gasteiger partial charge in [0.15, 0.2) is 0 Å². The van der Waals surface area contributed by atoms with Gasteiger partial charge in [0, 0.05) is 10.9 Å². The average molecular weight is 307 g/mol. The highest BCUT2D eigenvalue weighted by Crippen LogP contribution is 2.39. The predicted octanol–water partition coefficient (Wildman–Crippen LogP) is 2.97. The Morgan fingerprint density at radius 1 is 1.48 bits per heavy atom. The van der Waals surface area contributed by atoms with E-state index in [1.807, 2.05) is 18.5 Å². The minimum atomic E-state index is -0.221. The maximum atomic E-state index is 13.6. The molecule has 21 heavy (non-hydrogen) atoms. The number of aromatic nitrogens is 4. The number of hydrogen-bond donors (Lipinski definition) is 1. The maximum absolute atomic E-state index is 13.6. The Balaban J connectivity index is 1.88. The summed E-state index contributed by atoms with van der Waals surface area (Å²) in [7, 11) is 0.